The number of halogens is 3. The Hall–Kier alpha value is -2.14. The molecule has 0 saturated heterocycles. The van der Waals surface area contributed by atoms with Crippen molar-refractivity contribution in [3.8, 4) is 5.88 Å². The third kappa shape index (κ3) is 4.98. The lowest BCUT2D eigenvalue weighted by molar-refractivity contribution is -0.137. The van der Waals surface area contributed by atoms with E-state index in [0.717, 1.165) is 12.3 Å². The van der Waals surface area contributed by atoms with Crippen LogP contribution in [0.25, 0.3) is 0 Å². The van der Waals surface area contributed by atoms with Gasteiger partial charge >= 0.3 is 6.18 Å². The average molecular weight is 404 g/mol. The van der Waals surface area contributed by atoms with Gasteiger partial charge in [0.05, 0.1) is 11.9 Å². The van der Waals surface area contributed by atoms with Crippen LogP contribution in [0.1, 0.15) is 31.2 Å². The maximum absolute atomic E-state index is 12.5. The minimum absolute atomic E-state index is 0.0303. The van der Waals surface area contributed by atoms with Gasteiger partial charge in [0, 0.05) is 31.5 Å². The van der Waals surface area contributed by atoms with E-state index in [4.69, 9.17) is 4.74 Å². The number of ether oxygens (including phenoxy) is 1. The molecule has 0 unspecified atom stereocenters. The molecule has 2 aromatic heterocycles. The molecule has 11 heteroatoms. The third-order valence-electron chi connectivity index (χ3n) is 4.30. The number of pyridine rings is 1. The number of alkyl halides is 3. The zero-order chi connectivity index (χ0) is 19.7. The second-order valence-electron chi connectivity index (χ2n) is 6.47. The molecule has 1 aliphatic rings. The first-order chi connectivity index (χ1) is 12.6. The minimum Gasteiger partial charge on any atom is -0.474 e. The van der Waals surface area contributed by atoms with Gasteiger partial charge in [0.1, 0.15) is 6.10 Å². The highest BCUT2D eigenvalue weighted by Crippen LogP contribution is 2.30. The van der Waals surface area contributed by atoms with E-state index < -0.39 is 21.8 Å². The lowest BCUT2D eigenvalue weighted by Crippen LogP contribution is -2.39. The van der Waals surface area contributed by atoms with Gasteiger partial charge in [0.25, 0.3) is 10.0 Å². The van der Waals surface area contributed by atoms with Crippen molar-refractivity contribution in [3.63, 3.8) is 0 Å². The van der Waals surface area contributed by atoms with Crippen LogP contribution >= 0.6 is 0 Å². The lowest BCUT2D eigenvalue weighted by Gasteiger charge is -2.28. The molecule has 1 saturated carbocycles. The molecule has 7 nitrogen and oxygen atoms in total. The van der Waals surface area contributed by atoms with Crippen molar-refractivity contribution in [1.29, 1.82) is 0 Å². The first-order valence-electron chi connectivity index (χ1n) is 8.34. The number of rotatable bonds is 5. The fourth-order valence-corrected chi connectivity index (χ4v) is 4.18. The smallest absolute Gasteiger partial charge is 0.417 e. The van der Waals surface area contributed by atoms with E-state index in [1.54, 1.807) is 11.6 Å². The third-order valence-corrected chi connectivity index (χ3v) is 5.71. The molecule has 1 aliphatic carbocycles. The monoisotopic (exact) mass is 404 g/mol. The van der Waals surface area contributed by atoms with Gasteiger partial charge in [0.15, 0.2) is 5.03 Å². The minimum atomic E-state index is -4.44. The maximum Gasteiger partial charge on any atom is 0.417 e. The van der Waals surface area contributed by atoms with Gasteiger partial charge in [0.2, 0.25) is 5.88 Å². The molecule has 0 aliphatic heterocycles. The zero-order valence-electron chi connectivity index (χ0n) is 14.5. The quantitative estimate of drug-likeness (QED) is 0.828. The van der Waals surface area contributed by atoms with Crippen LogP contribution in [0.5, 0.6) is 5.88 Å². The van der Waals surface area contributed by atoms with Crippen molar-refractivity contribution in [3.05, 3.63) is 36.4 Å². The van der Waals surface area contributed by atoms with Gasteiger partial charge in [-0.25, -0.2) is 23.1 Å². The number of imidazole rings is 1. The van der Waals surface area contributed by atoms with Crippen LogP contribution in [-0.4, -0.2) is 35.1 Å². The molecule has 1 N–H and O–H groups in total. The highest BCUT2D eigenvalue weighted by atomic mass is 32.2. The van der Waals surface area contributed by atoms with Crippen LogP contribution in [0.2, 0.25) is 0 Å². The summed E-state index contributed by atoms with van der Waals surface area (Å²) in [5.74, 6) is 0.125. The lowest BCUT2D eigenvalue weighted by atomic mass is 9.94. The van der Waals surface area contributed by atoms with Crippen molar-refractivity contribution in [2.75, 3.05) is 0 Å². The summed E-state index contributed by atoms with van der Waals surface area (Å²) < 4.78 is 72.0. The molecule has 1 fully saturated rings. The van der Waals surface area contributed by atoms with E-state index in [2.05, 4.69) is 14.7 Å². The van der Waals surface area contributed by atoms with Gasteiger partial charge in [-0.3, -0.25) is 0 Å². The van der Waals surface area contributed by atoms with Crippen LogP contribution in [0, 0.1) is 0 Å². The molecule has 0 aromatic carbocycles. The van der Waals surface area contributed by atoms with Gasteiger partial charge in [-0.2, -0.15) is 13.2 Å². The summed E-state index contributed by atoms with van der Waals surface area (Å²) in [4.78, 5) is 7.54. The van der Waals surface area contributed by atoms with Crippen LogP contribution in [0.15, 0.2) is 35.9 Å². The summed E-state index contributed by atoms with van der Waals surface area (Å²) in [5.41, 5.74) is -0.831. The van der Waals surface area contributed by atoms with Gasteiger partial charge in [-0.15, -0.1) is 0 Å². The van der Waals surface area contributed by atoms with Gasteiger partial charge in [-0.1, -0.05) is 0 Å². The standard InChI is InChI=1S/C16H19F3N4O3S/c1-23-9-15(21-10-23)27(24,25)22-12-3-5-13(6-4-12)26-14-7-2-11(8-20-14)16(17,18)19/h2,7-10,12-13,22H,3-6H2,1H3. The Kier molecular flexibility index (Phi) is 5.43. The first kappa shape index (κ1) is 19.6. The van der Waals surface area contributed by atoms with Crippen LogP contribution in [-0.2, 0) is 23.2 Å². The molecule has 0 radical (unpaired) electrons. The van der Waals surface area contributed by atoms with Gasteiger partial charge < -0.3 is 9.30 Å². The molecule has 0 bridgehead atoms. The number of sulfonamides is 1. The Morgan fingerprint density at radius 1 is 1.19 bits per heavy atom. The highest BCUT2D eigenvalue weighted by molar-refractivity contribution is 7.89. The summed E-state index contributed by atoms with van der Waals surface area (Å²) >= 11 is 0. The Morgan fingerprint density at radius 3 is 2.41 bits per heavy atom. The Morgan fingerprint density at radius 2 is 1.89 bits per heavy atom. The predicted molar refractivity (Wildman–Crippen MR) is 89.4 cm³/mol. The summed E-state index contributed by atoms with van der Waals surface area (Å²) in [6, 6.07) is 1.88. The van der Waals surface area contributed by atoms with Crippen molar-refractivity contribution < 1.29 is 26.3 Å². The fourth-order valence-electron chi connectivity index (χ4n) is 2.89. The summed E-state index contributed by atoms with van der Waals surface area (Å²) in [6.45, 7) is 0. The van der Waals surface area contributed by atoms with Crippen LogP contribution in [0.3, 0.4) is 0 Å². The highest BCUT2D eigenvalue weighted by Gasteiger charge is 2.31. The topological polar surface area (TPSA) is 86.1 Å². The number of aryl methyl sites for hydroxylation is 1. The normalized spacial score (nSPS) is 21.2. The first-order valence-corrected chi connectivity index (χ1v) is 9.82. The average Bonchev–Trinajstić information content (AvgIpc) is 3.04. The molecule has 0 spiro atoms. The van der Waals surface area contributed by atoms with Crippen LogP contribution in [0.4, 0.5) is 13.2 Å². The van der Waals surface area contributed by atoms with Crippen molar-refractivity contribution >= 4 is 10.0 Å². The van der Waals surface area contributed by atoms with E-state index in [1.165, 1.54) is 18.6 Å². The van der Waals surface area contributed by atoms with E-state index in [0.29, 0.717) is 25.7 Å². The second kappa shape index (κ2) is 7.47. The Bertz CT molecular complexity index is 873. The molecule has 0 amide bonds. The largest absolute Gasteiger partial charge is 0.474 e. The molecule has 3 rings (SSSR count). The molecule has 2 aromatic rings. The van der Waals surface area contributed by atoms with E-state index in [1.807, 2.05) is 0 Å². The van der Waals surface area contributed by atoms with Crippen molar-refractivity contribution in [2.24, 2.45) is 7.05 Å². The number of hydrogen-bond donors (Lipinski definition) is 1. The van der Waals surface area contributed by atoms with Crippen molar-refractivity contribution in [2.45, 2.75) is 49.0 Å². The van der Waals surface area contributed by atoms with E-state index in [-0.39, 0.29) is 23.1 Å². The van der Waals surface area contributed by atoms with Crippen molar-refractivity contribution in [1.82, 2.24) is 19.3 Å². The molecular formula is C16H19F3N4O3S. The maximum atomic E-state index is 12.5. The number of nitrogens with zero attached hydrogens (tertiary/aromatic N) is 3. The number of nitrogens with one attached hydrogen (secondary N) is 1. The van der Waals surface area contributed by atoms with Crippen LogP contribution < -0.4 is 9.46 Å². The number of aromatic nitrogens is 3. The summed E-state index contributed by atoms with van der Waals surface area (Å²) in [7, 11) is -1.99. The van der Waals surface area contributed by atoms with Gasteiger partial charge in [-0.05, 0) is 31.7 Å². The Labute approximate surface area is 154 Å². The molecule has 27 heavy (non-hydrogen) atoms. The summed E-state index contributed by atoms with van der Waals surface area (Å²) in [6.07, 6.45) is 1.16. The van der Waals surface area contributed by atoms with E-state index in [9.17, 15) is 21.6 Å². The zero-order valence-corrected chi connectivity index (χ0v) is 15.3. The SMILES string of the molecule is Cn1cnc(S(=O)(=O)NC2CCC(Oc3ccc(C(F)(F)F)cn3)CC2)c1. The molecular weight excluding hydrogens is 385 g/mol. The summed E-state index contributed by atoms with van der Waals surface area (Å²) in [5, 5.41) is -0.0303. The molecule has 0 atom stereocenters. The molecule has 2 heterocycles. The second-order valence-corrected chi connectivity index (χ2v) is 8.13. The predicted octanol–water partition coefficient (Wildman–Crippen LogP) is 2.50. The molecule has 148 valence electrons. The Balaban J connectivity index is 1.52. The fraction of sp³-hybridized carbons (Fsp3) is 0.500. The number of hydrogen-bond acceptors (Lipinski definition) is 5. The van der Waals surface area contributed by atoms with E-state index >= 15 is 0 Å².